The number of nitrogens with zero attached hydrogens (tertiary/aromatic N) is 1. The SMILES string of the molecule is C/C=C/COc1cc(C)c(OCc2cccc(C(CCC)=NOC)c2)c(C)c1. The summed E-state index contributed by atoms with van der Waals surface area (Å²) >= 11 is 0. The molecule has 0 aliphatic heterocycles. The van der Waals surface area contributed by atoms with Gasteiger partial charge in [-0.1, -0.05) is 48.9 Å². The van der Waals surface area contributed by atoms with Gasteiger partial charge in [0.25, 0.3) is 0 Å². The third-order valence-corrected chi connectivity index (χ3v) is 4.35. The van der Waals surface area contributed by atoms with Crippen LogP contribution in [0.4, 0.5) is 0 Å². The Labute approximate surface area is 168 Å². The van der Waals surface area contributed by atoms with Crippen LogP contribution in [0.15, 0.2) is 53.7 Å². The minimum atomic E-state index is 0.501. The van der Waals surface area contributed by atoms with Crippen LogP contribution in [-0.4, -0.2) is 19.4 Å². The summed E-state index contributed by atoms with van der Waals surface area (Å²) in [5.41, 5.74) is 5.27. The first-order valence-corrected chi connectivity index (χ1v) is 9.76. The number of allylic oxidation sites excluding steroid dienone is 1. The molecule has 0 amide bonds. The van der Waals surface area contributed by atoms with Gasteiger partial charge in [0.1, 0.15) is 31.8 Å². The molecule has 0 aromatic heterocycles. The lowest BCUT2D eigenvalue weighted by Crippen LogP contribution is -2.04. The van der Waals surface area contributed by atoms with Crippen molar-refractivity contribution in [1.29, 1.82) is 0 Å². The van der Waals surface area contributed by atoms with E-state index in [1.165, 1.54) is 0 Å². The van der Waals surface area contributed by atoms with Crippen molar-refractivity contribution in [1.82, 2.24) is 0 Å². The highest BCUT2D eigenvalue weighted by Crippen LogP contribution is 2.29. The summed E-state index contributed by atoms with van der Waals surface area (Å²) < 4.78 is 11.9. The van der Waals surface area contributed by atoms with Crippen molar-refractivity contribution in [3.05, 3.63) is 70.8 Å². The van der Waals surface area contributed by atoms with Crippen LogP contribution in [-0.2, 0) is 11.4 Å². The number of hydrogen-bond acceptors (Lipinski definition) is 4. The van der Waals surface area contributed by atoms with E-state index in [0.29, 0.717) is 13.2 Å². The van der Waals surface area contributed by atoms with Gasteiger partial charge in [0.2, 0.25) is 0 Å². The van der Waals surface area contributed by atoms with Gasteiger partial charge in [-0.3, -0.25) is 0 Å². The first kappa shape index (κ1) is 21.5. The van der Waals surface area contributed by atoms with Gasteiger partial charge in [0.15, 0.2) is 0 Å². The van der Waals surface area contributed by atoms with Gasteiger partial charge in [-0.05, 0) is 67.6 Å². The molecule has 0 aliphatic rings. The van der Waals surface area contributed by atoms with Crippen LogP contribution in [0.3, 0.4) is 0 Å². The molecule has 0 spiro atoms. The van der Waals surface area contributed by atoms with Crippen LogP contribution in [0.1, 0.15) is 48.9 Å². The Bertz CT molecular complexity index is 801. The fourth-order valence-electron chi connectivity index (χ4n) is 3.05. The van der Waals surface area contributed by atoms with E-state index >= 15 is 0 Å². The Balaban J connectivity index is 2.11. The predicted octanol–water partition coefficient (Wildman–Crippen LogP) is 5.99. The summed E-state index contributed by atoms with van der Waals surface area (Å²) in [6.07, 6.45) is 5.87. The topological polar surface area (TPSA) is 40.0 Å². The largest absolute Gasteiger partial charge is 0.490 e. The van der Waals surface area contributed by atoms with Crippen molar-refractivity contribution < 1.29 is 14.3 Å². The van der Waals surface area contributed by atoms with E-state index in [2.05, 4.69) is 30.3 Å². The van der Waals surface area contributed by atoms with E-state index in [-0.39, 0.29) is 0 Å². The van der Waals surface area contributed by atoms with Gasteiger partial charge in [0, 0.05) is 0 Å². The third kappa shape index (κ3) is 6.15. The molecule has 0 saturated heterocycles. The minimum Gasteiger partial charge on any atom is -0.490 e. The molecule has 28 heavy (non-hydrogen) atoms. The average Bonchev–Trinajstić information content (AvgIpc) is 2.68. The summed E-state index contributed by atoms with van der Waals surface area (Å²) in [6, 6.07) is 12.3. The molecule has 4 heteroatoms. The van der Waals surface area contributed by atoms with Crippen LogP contribution in [0.5, 0.6) is 11.5 Å². The van der Waals surface area contributed by atoms with Crippen molar-refractivity contribution in [3.8, 4) is 11.5 Å². The predicted molar refractivity (Wildman–Crippen MR) is 115 cm³/mol. The highest BCUT2D eigenvalue weighted by atomic mass is 16.6. The lowest BCUT2D eigenvalue weighted by atomic mass is 10.0. The molecule has 2 aromatic carbocycles. The quantitative estimate of drug-likeness (QED) is 0.288. The summed E-state index contributed by atoms with van der Waals surface area (Å²) in [7, 11) is 1.58. The Morgan fingerprint density at radius 2 is 1.82 bits per heavy atom. The highest BCUT2D eigenvalue weighted by molar-refractivity contribution is 6.00. The normalized spacial score (nSPS) is 11.7. The molecule has 0 fully saturated rings. The van der Waals surface area contributed by atoms with E-state index in [0.717, 1.165) is 52.3 Å². The maximum atomic E-state index is 6.15. The summed E-state index contributed by atoms with van der Waals surface area (Å²) in [5, 5.41) is 4.17. The standard InChI is InChI=1S/C24H31NO3/c1-6-8-13-27-22-14-18(3)24(19(4)15-22)28-17-20-11-9-12-21(16-20)23(10-7-2)25-26-5/h6,8-9,11-12,14-16H,7,10,13,17H2,1-5H3/b8-6+,25-23?. The second-order valence-corrected chi connectivity index (χ2v) is 6.73. The molecule has 2 rings (SSSR count). The minimum absolute atomic E-state index is 0.501. The Kier molecular flexibility index (Phi) is 8.60. The van der Waals surface area contributed by atoms with Crippen LogP contribution in [0.25, 0.3) is 0 Å². The third-order valence-electron chi connectivity index (χ3n) is 4.35. The molecule has 0 radical (unpaired) electrons. The summed E-state index contributed by atoms with van der Waals surface area (Å²) in [5.74, 6) is 1.77. The van der Waals surface area contributed by atoms with Gasteiger partial charge in [-0.2, -0.15) is 0 Å². The Morgan fingerprint density at radius 1 is 1.07 bits per heavy atom. The molecule has 4 nitrogen and oxygen atoms in total. The van der Waals surface area contributed by atoms with Crippen molar-refractivity contribution in [3.63, 3.8) is 0 Å². The lowest BCUT2D eigenvalue weighted by molar-refractivity contribution is 0.213. The average molecular weight is 382 g/mol. The van der Waals surface area contributed by atoms with Crippen LogP contribution in [0.2, 0.25) is 0 Å². The van der Waals surface area contributed by atoms with E-state index in [1.54, 1.807) is 7.11 Å². The number of ether oxygens (including phenoxy) is 2. The van der Waals surface area contributed by atoms with Crippen molar-refractivity contribution in [2.24, 2.45) is 5.16 Å². The lowest BCUT2D eigenvalue weighted by Gasteiger charge is -2.15. The van der Waals surface area contributed by atoms with E-state index < -0.39 is 0 Å². The van der Waals surface area contributed by atoms with Crippen molar-refractivity contribution >= 4 is 5.71 Å². The van der Waals surface area contributed by atoms with Gasteiger partial charge < -0.3 is 14.3 Å². The zero-order chi connectivity index (χ0) is 20.4. The molecule has 2 aromatic rings. The van der Waals surface area contributed by atoms with Crippen LogP contribution >= 0.6 is 0 Å². The monoisotopic (exact) mass is 381 g/mol. The fraction of sp³-hybridized carbons (Fsp3) is 0.375. The maximum Gasteiger partial charge on any atom is 0.125 e. The molecule has 150 valence electrons. The van der Waals surface area contributed by atoms with Crippen molar-refractivity contribution in [2.45, 2.75) is 47.1 Å². The fourth-order valence-corrected chi connectivity index (χ4v) is 3.05. The molecular formula is C24H31NO3. The number of rotatable bonds is 10. The zero-order valence-electron chi connectivity index (χ0n) is 17.6. The number of benzene rings is 2. The first-order chi connectivity index (χ1) is 13.6. The molecule has 0 unspecified atom stereocenters. The summed E-state index contributed by atoms with van der Waals surface area (Å²) in [4.78, 5) is 5.00. The smallest absolute Gasteiger partial charge is 0.125 e. The van der Waals surface area contributed by atoms with Gasteiger partial charge >= 0.3 is 0 Å². The Morgan fingerprint density at radius 3 is 2.46 bits per heavy atom. The number of hydrogen-bond donors (Lipinski definition) is 0. The molecule has 0 saturated carbocycles. The second kappa shape index (κ2) is 11.2. The summed E-state index contributed by atoms with van der Waals surface area (Å²) in [6.45, 7) is 9.29. The van der Waals surface area contributed by atoms with E-state index in [4.69, 9.17) is 14.3 Å². The van der Waals surface area contributed by atoms with Crippen LogP contribution < -0.4 is 9.47 Å². The molecule has 0 aliphatic carbocycles. The second-order valence-electron chi connectivity index (χ2n) is 6.73. The highest BCUT2D eigenvalue weighted by Gasteiger charge is 2.09. The molecular weight excluding hydrogens is 350 g/mol. The van der Waals surface area contributed by atoms with E-state index in [1.807, 2.05) is 51.1 Å². The molecule has 0 bridgehead atoms. The zero-order valence-corrected chi connectivity index (χ0v) is 17.6. The molecule has 0 heterocycles. The maximum absolute atomic E-state index is 6.15. The van der Waals surface area contributed by atoms with Gasteiger partial charge in [0.05, 0.1) is 5.71 Å². The molecule has 0 atom stereocenters. The first-order valence-electron chi connectivity index (χ1n) is 9.76. The van der Waals surface area contributed by atoms with Crippen LogP contribution in [0, 0.1) is 13.8 Å². The Hall–Kier alpha value is -2.75. The molecule has 0 N–H and O–H groups in total. The van der Waals surface area contributed by atoms with Gasteiger partial charge in [-0.25, -0.2) is 0 Å². The van der Waals surface area contributed by atoms with Gasteiger partial charge in [-0.15, -0.1) is 0 Å². The number of aryl methyl sites for hydroxylation is 2. The van der Waals surface area contributed by atoms with E-state index in [9.17, 15) is 0 Å². The number of oxime groups is 1. The van der Waals surface area contributed by atoms with Crippen molar-refractivity contribution in [2.75, 3.05) is 13.7 Å².